The van der Waals surface area contributed by atoms with E-state index in [1.807, 2.05) is 17.9 Å². The van der Waals surface area contributed by atoms with Gasteiger partial charge < -0.3 is 5.73 Å². The van der Waals surface area contributed by atoms with E-state index in [2.05, 4.69) is 16.9 Å². The summed E-state index contributed by atoms with van der Waals surface area (Å²) < 4.78 is 1.97. The molecular weight excluding hydrogens is 212 g/mol. The molecule has 2 fully saturated rings. The molecule has 0 amide bonds. The summed E-state index contributed by atoms with van der Waals surface area (Å²) in [6.07, 6.45) is 7.03. The first-order valence-electron chi connectivity index (χ1n) is 6.64. The fourth-order valence-corrected chi connectivity index (χ4v) is 3.47. The second-order valence-electron chi connectivity index (χ2n) is 5.67. The first-order chi connectivity index (χ1) is 8.15. The molecule has 2 N–H and O–H groups in total. The van der Waals surface area contributed by atoms with Gasteiger partial charge in [-0.1, -0.05) is 0 Å². The summed E-state index contributed by atoms with van der Waals surface area (Å²) >= 11 is 0. The van der Waals surface area contributed by atoms with Gasteiger partial charge in [0.1, 0.15) is 0 Å². The molecule has 3 heterocycles. The molecular formula is C13H22N4. The Morgan fingerprint density at radius 2 is 2.00 bits per heavy atom. The minimum atomic E-state index is 0.429. The number of hydrogen-bond donors (Lipinski definition) is 1. The summed E-state index contributed by atoms with van der Waals surface area (Å²) in [7, 11) is 2.01. The number of aromatic nitrogens is 2. The standard InChI is InChI=1S/C13H22N4/c1-9-10(7-15-16(9)2)8-17-12-3-4-13(17)6-11(14)5-12/h7,11-13H,3-6,8,14H2,1-2H3. The zero-order valence-corrected chi connectivity index (χ0v) is 10.8. The predicted octanol–water partition coefficient (Wildman–Crippen LogP) is 1.18. The second-order valence-corrected chi connectivity index (χ2v) is 5.67. The van der Waals surface area contributed by atoms with Crippen LogP contribution in [-0.2, 0) is 13.6 Å². The maximum atomic E-state index is 6.10. The highest BCUT2D eigenvalue weighted by atomic mass is 15.3. The predicted molar refractivity (Wildman–Crippen MR) is 67.5 cm³/mol. The molecule has 4 nitrogen and oxygen atoms in total. The summed E-state index contributed by atoms with van der Waals surface area (Å²) in [6, 6.07) is 1.85. The molecule has 1 aromatic rings. The lowest BCUT2D eigenvalue weighted by molar-refractivity contribution is 0.119. The Kier molecular flexibility index (Phi) is 2.71. The molecule has 0 aromatic carbocycles. The van der Waals surface area contributed by atoms with Crippen LogP contribution >= 0.6 is 0 Å². The number of hydrogen-bond acceptors (Lipinski definition) is 3. The molecule has 2 saturated heterocycles. The van der Waals surface area contributed by atoms with Crippen molar-refractivity contribution in [3.05, 3.63) is 17.5 Å². The zero-order valence-electron chi connectivity index (χ0n) is 10.8. The van der Waals surface area contributed by atoms with Gasteiger partial charge in [-0.05, 0) is 32.6 Å². The topological polar surface area (TPSA) is 47.1 Å². The van der Waals surface area contributed by atoms with Crippen LogP contribution in [0.5, 0.6) is 0 Å². The van der Waals surface area contributed by atoms with Crippen LogP contribution in [0.4, 0.5) is 0 Å². The average molecular weight is 234 g/mol. The Bertz CT molecular complexity index is 398. The van der Waals surface area contributed by atoms with Gasteiger partial charge in [0.2, 0.25) is 0 Å². The molecule has 1 aromatic heterocycles. The maximum Gasteiger partial charge on any atom is 0.0537 e. The fourth-order valence-electron chi connectivity index (χ4n) is 3.47. The van der Waals surface area contributed by atoms with E-state index >= 15 is 0 Å². The molecule has 0 saturated carbocycles. The molecule has 0 spiro atoms. The summed E-state index contributed by atoms with van der Waals surface area (Å²) in [4.78, 5) is 2.66. The van der Waals surface area contributed by atoms with E-state index in [1.165, 1.54) is 36.9 Å². The van der Waals surface area contributed by atoms with Crippen molar-refractivity contribution < 1.29 is 0 Å². The highest BCUT2D eigenvalue weighted by Crippen LogP contribution is 2.36. The molecule has 2 bridgehead atoms. The van der Waals surface area contributed by atoms with Crippen LogP contribution in [0.3, 0.4) is 0 Å². The Hall–Kier alpha value is -0.870. The van der Waals surface area contributed by atoms with Crippen LogP contribution in [0.15, 0.2) is 6.20 Å². The molecule has 0 radical (unpaired) electrons. The van der Waals surface area contributed by atoms with Crippen LogP contribution in [-0.4, -0.2) is 32.8 Å². The fraction of sp³-hybridized carbons (Fsp3) is 0.769. The summed E-state index contributed by atoms with van der Waals surface area (Å²) in [6.45, 7) is 3.21. The number of aryl methyl sites for hydroxylation is 1. The molecule has 2 atom stereocenters. The van der Waals surface area contributed by atoms with E-state index in [0.29, 0.717) is 18.1 Å². The van der Waals surface area contributed by atoms with Gasteiger partial charge in [0.05, 0.1) is 6.20 Å². The first kappa shape index (κ1) is 11.2. The van der Waals surface area contributed by atoms with Gasteiger partial charge in [-0.2, -0.15) is 5.10 Å². The number of nitrogens with zero attached hydrogens (tertiary/aromatic N) is 3. The third kappa shape index (κ3) is 1.89. The molecule has 2 aliphatic heterocycles. The van der Waals surface area contributed by atoms with Crippen molar-refractivity contribution in [1.29, 1.82) is 0 Å². The van der Waals surface area contributed by atoms with Crippen LogP contribution in [0.1, 0.15) is 36.9 Å². The van der Waals surface area contributed by atoms with E-state index < -0.39 is 0 Å². The van der Waals surface area contributed by atoms with Gasteiger partial charge in [-0.15, -0.1) is 0 Å². The van der Waals surface area contributed by atoms with Crippen molar-refractivity contribution >= 4 is 0 Å². The third-order valence-electron chi connectivity index (χ3n) is 4.61. The van der Waals surface area contributed by atoms with Crippen LogP contribution in [0.25, 0.3) is 0 Å². The number of piperidine rings is 1. The van der Waals surface area contributed by atoms with Gasteiger partial charge in [0.25, 0.3) is 0 Å². The van der Waals surface area contributed by atoms with Crippen molar-refractivity contribution in [2.45, 2.75) is 57.3 Å². The van der Waals surface area contributed by atoms with Gasteiger partial charge in [-0.3, -0.25) is 9.58 Å². The van der Waals surface area contributed by atoms with Crippen LogP contribution in [0, 0.1) is 6.92 Å². The van der Waals surface area contributed by atoms with Gasteiger partial charge >= 0.3 is 0 Å². The van der Waals surface area contributed by atoms with Gasteiger partial charge in [0, 0.05) is 43.0 Å². The Morgan fingerprint density at radius 1 is 1.35 bits per heavy atom. The smallest absolute Gasteiger partial charge is 0.0537 e. The van der Waals surface area contributed by atoms with Crippen molar-refractivity contribution in [2.24, 2.45) is 12.8 Å². The van der Waals surface area contributed by atoms with E-state index in [-0.39, 0.29) is 0 Å². The van der Waals surface area contributed by atoms with Crippen LogP contribution < -0.4 is 5.73 Å². The van der Waals surface area contributed by atoms with E-state index in [9.17, 15) is 0 Å². The lowest BCUT2D eigenvalue weighted by Gasteiger charge is -2.37. The van der Waals surface area contributed by atoms with Crippen molar-refractivity contribution in [1.82, 2.24) is 14.7 Å². The SMILES string of the molecule is Cc1c(CN2C3CCC2CC(N)C3)cnn1C. The van der Waals surface area contributed by atoms with Crippen LogP contribution in [0.2, 0.25) is 0 Å². The Balaban J connectivity index is 1.76. The highest BCUT2D eigenvalue weighted by molar-refractivity contribution is 5.16. The molecule has 94 valence electrons. The first-order valence-corrected chi connectivity index (χ1v) is 6.64. The monoisotopic (exact) mass is 234 g/mol. The highest BCUT2D eigenvalue weighted by Gasteiger charge is 2.39. The Labute approximate surface area is 103 Å². The average Bonchev–Trinajstić information content (AvgIpc) is 2.72. The van der Waals surface area contributed by atoms with E-state index in [0.717, 1.165) is 6.54 Å². The van der Waals surface area contributed by atoms with E-state index in [4.69, 9.17) is 5.73 Å². The number of nitrogens with two attached hydrogens (primary N) is 1. The van der Waals surface area contributed by atoms with Gasteiger partial charge in [-0.25, -0.2) is 0 Å². The second kappa shape index (κ2) is 4.10. The quantitative estimate of drug-likeness (QED) is 0.836. The lowest BCUT2D eigenvalue weighted by atomic mass is 9.97. The Morgan fingerprint density at radius 3 is 2.53 bits per heavy atom. The largest absolute Gasteiger partial charge is 0.328 e. The minimum absolute atomic E-state index is 0.429. The summed E-state index contributed by atoms with van der Waals surface area (Å²) in [5, 5.41) is 4.33. The summed E-state index contributed by atoms with van der Waals surface area (Å²) in [5.74, 6) is 0. The van der Waals surface area contributed by atoms with Crippen molar-refractivity contribution in [2.75, 3.05) is 0 Å². The van der Waals surface area contributed by atoms with Gasteiger partial charge in [0.15, 0.2) is 0 Å². The minimum Gasteiger partial charge on any atom is -0.328 e. The molecule has 17 heavy (non-hydrogen) atoms. The summed E-state index contributed by atoms with van der Waals surface area (Å²) in [5.41, 5.74) is 8.77. The molecule has 2 unspecified atom stereocenters. The van der Waals surface area contributed by atoms with Crippen molar-refractivity contribution in [3.8, 4) is 0 Å². The normalized spacial score (nSPS) is 33.2. The lowest BCUT2D eigenvalue weighted by Crippen LogP contribution is -2.46. The third-order valence-corrected chi connectivity index (χ3v) is 4.61. The van der Waals surface area contributed by atoms with E-state index in [1.54, 1.807) is 0 Å². The molecule has 3 rings (SSSR count). The molecule has 4 heteroatoms. The molecule has 0 aliphatic carbocycles. The van der Waals surface area contributed by atoms with Crippen molar-refractivity contribution in [3.63, 3.8) is 0 Å². The number of fused-ring (bicyclic) bond motifs is 2. The zero-order chi connectivity index (χ0) is 12.0. The molecule has 2 aliphatic rings. The number of rotatable bonds is 2. The maximum absolute atomic E-state index is 6.10.